The molecule has 126 valence electrons. The van der Waals surface area contributed by atoms with Crippen LogP contribution in [0, 0.1) is 19.3 Å². The van der Waals surface area contributed by atoms with Crippen LogP contribution in [0.2, 0.25) is 0 Å². The van der Waals surface area contributed by atoms with Gasteiger partial charge in [0.15, 0.2) is 0 Å². The molecule has 0 radical (unpaired) electrons. The van der Waals surface area contributed by atoms with Gasteiger partial charge in [-0.25, -0.2) is 0 Å². The van der Waals surface area contributed by atoms with Gasteiger partial charge in [-0.3, -0.25) is 0 Å². The highest BCUT2D eigenvalue weighted by atomic mass is 16.5. The zero-order valence-electron chi connectivity index (χ0n) is 14.1. The molecule has 1 aromatic heterocycles. The molecule has 0 aromatic carbocycles. The highest BCUT2D eigenvalue weighted by Crippen LogP contribution is 2.03. The Morgan fingerprint density at radius 3 is 2.70 bits per heavy atom. The van der Waals surface area contributed by atoms with E-state index in [1.807, 2.05) is 39.0 Å². The van der Waals surface area contributed by atoms with Crippen LogP contribution in [0.4, 0.5) is 0 Å². The van der Waals surface area contributed by atoms with Gasteiger partial charge in [-0.05, 0) is 38.5 Å². The van der Waals surface area contributed by atoms with Crippen molar-refractivity contribution in [3.8, 4) is 12.3 Å². The third-order valence-corrected chi connectivity index (χ3v) is 2.86. The Hall–Kier alpha value is -2.03. The first-order chi connectivity index (χ1) is 11.1. The first-order valence-corrected chi connectivity index (χ1v) is 7.64. The van der Waals surface area contributed by atoms with Gasteiger partial charge in [0.25, 0.3) is 0 Å². The van der Waals surface area contributed by atoms with E-state index in [1.165, 1.54) is 0 Å². The minimum atomic E-state index is 0.443. The number of hydrogen-bond donors (Lipinski definition) is 0. The molecule has 5 heteroatoms. The van der Waals surface area contributed by atoms with Gasteiger partial charge in [0.05, 0.1) is 32.2 Å². The van der Waals surface area contributed by atoms with Crippen LogP contribution >= 0.6 is 0 Å². The first kappa shape index (κ1) is 19.0. The smallest absolute Gasteiger partial charge is 0.134 e. The number of allylic oxidation sites excluding steroid dienone is 4. The molecule has 0 fully saturated rings. The lowest BCUT2D eigenvalue weighted by Gasteiger charge is -2.07. The Morgan fingerprint density at radius 1 is 1.22 bits per heavy atom. The summed E-state index contributed by atoms with van der Waals surface area (Å²) < 4.78 is 21.4. The van der Waals surface area contributed by atoms with Crippen molar-refractivity contribution in [2.75, 3.05) is 26.4 Å². The van der Waals surface area contributed by atoms with E-state index in [-0.39, 0.29) is 0 Å². The average molecular weight is 319 g/mol. The average Bonchev–Trinajstić information content (AvgIpc) is 2.96. The number of aryl methyl sites for hydroxylation is 1. The number of nitrogens with zero attached hydrogens (tertiary/aromatic N) is 1. The predicted molar refractivity (Wildman–Crippen MR) is 88.6 cm³/mol. The van der Waals surface area contributed by atoms with Crippen molar-refractivity contribution in [1.29, 1.82) is 0 Å². The summed E-state index contributed by atoms with van der Waals surface area (Å²) in [6.45, 7) is 8.41. The van der Waals surface area contributed by atoms with E-state index in [9.17, 15) is 0 Å². The lowest BCUT2D eigenvalue weighted by Crippen LogP contribution is -2.07. The van der Waals surface area contributed by atoms with Gasteiger partial charge in [0.2, 0.25) is 0 Å². The van der Waals surface area contributed by atoms with Crippen LogP contribution in [0.1, 0.15) is 31.7 Å². The lowest BCUT2D eigenvalue weighted by molar-refractivity contribution is 0.0327. The second-order valence-electron chi connectivity index (χ2n) is 5.07. The summed E-state index contributed by atoms with van der Waals surface area (Å²) in [6.07, 6.45) is 9.81. The van der Waals surface area contributed by atoms with E-state index in [0.29, 0.717) is 33.0 Å². The molecule has 5 nitrogen and oxygen atoms in total. The maximum Gasteiger partial charge on any atom is 0.134 e. The summed E-state index contributed by atoms with van der Waals surface area (Å²) >= 11 is 0. The fourth-order valence-electron chi connectivity index (χ4n) is 1.62. The Morgan fingerprint density at radius 2 is 2.00 bits per heavy atom. The van der Waals surface area contributed by atoms with Gasteiger partial charge in [-0.1, -0.05) is 11.1 Å². The van der Waals surface area contributed by atoms with Crippen molar-refractivity contribution >= 4 is 0 Å². The summed E-state index contributed by atoms with van der Waals surface area (Å²) in [7, 11) is 0. The standard InChI is InChI=1S/C18H25NO4/c1-5-15(2)7-8-16(3)22-10-6-9-20-11-12-21-14-18-13-17(4)23-19-18/h1,7-8,13H,6,9-12,14H2,2-4H3/b15-7-,16-8+. The SMILES string of the molecule is C#C/C(C)=C\C=C(/C)OCCCOCCOCc1cc(C)on1. The highest BCUT2D eigenvalue weighted by molar-refractivity contribution is 5.27. The van der Waals surface area contributed by atoms with Gasteiger partial charge >= 0.3 is 0 Å². The van der Waals surface area contributed by atoms with Gasteiger partial charge in [-0.15, -0.1) is 6.42 Å². The maximum atomic E-state index is 5.54. The number of rotatable bonds is 11. The highest BCUT2D eigenvalue weighted by Gasteiger charge is 1.99. The van der Waals surface area contributed by atoms with Crippen LogP contribution in [-0.4, -0.2) is 31.6 Å². The molecule has 1 heterocycles. The van der Waals surface area contributed by atoms with E-state index < -0.39 is 0 Å². The summed E-state index contributed by atoms with van der Waals surface area (Å²) in [4.78, 5) is 0. The molecule has 23 heavy (non-hydrogen) atoms. The molecule has 0 atom stereocenters. The van der Waals surface area contributed by atoms with Crippen molar-refractivity contribution < 1.29 is 18.7 Å². The molecule has 1 rings (SSSR count). The number of terminal acetylenes is 1. The van der Waals surface area contributed by atoms with E-state index in [4.69, 9.17) is 25.2 Å². The molecular formula is C18H25NO4. The van der Waals surface area contributed by atoms with Crippen LogP contribution < -0.4 is 0 Å². The number of aromatic nitrogens is 1. The molecule has 0 aliphatic carbocycles. The Bertz CT molecular complexity index is 552. The molecule has 0 N–H and O–H groups in total. The second-order valence-corrected chi connectivity index (χ2v) is 5.07. The van der Waals surface area contributed by atoms with E-state index >= 15 is 0 Å². The first-order valence-electron chi connectivity index (χ1n) is 7.64. The maximum absolute atomic E-state index is 5.54. The molecule has 0 aliphatic heterocycles. The van der Waals surface area contributed by atoms with Gasteiger partial charge < -0.3 is 18.7 Å². The Balaban J connectivity index is 1.94. The van der Waals surface area contributed by atoms with Gasteiger partial charge in [0, 0.05) is 19.1 Å². The number of hydrogen-bond acceptors (Lipinski definition) is 5. The van der Waals surface area contributed by atoms with Crippen molar-refractivity contribution in [3.63, 3.8) is 0 Å². The van der Waals surface area contributed by atoms with Crippen molar-refractivity contribution in [2.45, 2.75) is 33.8 Å². The van der Waals surface area contributed by atoms with E-state index in [1.54, 1.807) is 0 Å². The van der Waals surface area contributed by atoms with Crippen molar-refractivity contribution in [3.05, 3.63) is 41.0 Å². The normalized spacial score (nSPS) is 12.3. The van der Waals surface area contributed by atoms with E-state index in [2.05, 4.69) is 11.1 Å². The summed E-state index contributed by atoms with van der Waals surface area (Å²) in [5, 5.41) is 3.84. The van der Waals surface area contributed by atoms with Crippen molar-refractivity contribution in [2.24, 2.45) is 0 Å². The van der Waals surface area contributed by atoms with Crippen LogP contribution in [0.25, 0.3) is 0 Å². The molecular weight excluding hydrogens is 294 g/mol. The van der Waals surface area contributed by atoms with Crippen LogP contribution in [-0.2, 0) is 20.8 Å². The zero-order chi connectivity index (χ0) is 16.9. The zero-order valence-corrected chi connectivity index (χ0v) is 14.1. The van der Waals surface area contributed by atoms with Crippen LogP contribution in [0.3, 0.4) is 0 Å². The van der Waals surface area contributed by atoms with Crippen LogP contribution in [0.5, 0.6) is 0 Å². The molecule has 0 bridgehead atoms. The topological polar surface area (TPSA) is 53.7 Å². The molecule has 0 spiro atoms. The quantitative estimate of drug-likeness (QED) is 0.271. The van der Waals surface area contributed by atoms with Gasteiger partial charge in [0.1, 0.15) is 11.5 Å². The Labute approximate surface area is 138 Å². The minimum absolute atomic E-state index is 0.443. The predicted octanol–water partition coefficient (Wildman–Crippen LogP) is 3.41. The molecule has 0 saturated heterocycles. The van der Waals surface area contributed by atoms with Crippen LogP contribution in [0.15, 0.2) is 34.1 Å². The lowest BCUT2D eigenvalue weighted by atomic mass is 10.3. The monoisotopic (exact) mass is 319 g/mol. The molecule has 0 amide bonds. The Kier molecular flexibility index (Phi) is 9.53. The largest absolute Gasteiger partial charge is 0.498 e. The minimum Gasteiger partial charge on any atom is -0.498 e. The molecule has 0 aliphatic rings. The van der Waals surface area contributed by atoms with Gasteiger partial charge in [-0.2, -0.15) is 0 Å². The summed E-state index contributed by atoms with van der Waals surface area (Å²) in [5.41, 5.74) is 1.67. The third kappa shape index (κ3) is 9.56. The van der Waals surface area contributed by atoms with E-state index in [0.717, 1.165) is 29.2 Å². The number of ether oxygens (including phenoxy) is 3. The summed E-state index contributed by atoms with van der Waals surface area (Å²) in [5.74, 6) is 4.18. The van der Waals surface area contributed by atoms with Crippen molar-refractivity contribution in [1.82, 2.24) is 5.16 Å². The third-order valence-electron chi connectivity index (χ3n) is 2.86. The second kappa shape index (κ2) is 11.5. The molecule has 1 aromatic rings. The summed E-state index contributed by atoms with van der Waals surface area (Å²) in [6, 6.07) is 1.86. The molecule has 0 saturated carbocycles. The molecule has 0 unspecified atom stereocenters. The fraction of sp³-hybridized carbons (Fsp3) is 0.500. The fourth-order valence-corrected chi connectivity index (χ4v) is 1.62.